The summed E-state index contributed by atoms with van der Waals surface area (Å²) >= 11 is 5.76. The second kappa shape index (κ2) is 6.14. The van der Waals surface area contributed by atoms with Gasteiger partial charge in [0.1, 0.15) is 10.7 Å². The number of rotatable bonds is 4. The summed E-state index contributed by atoms with van der Waals surface area (Å²) in [6, 6.07) is 5.86. The number of carbonyl (C=O) groups excluding carboxylic acids is 1. The highest BCUT2D eigenvalue weighted by atomic mass is 35.5. The number of carbonyl (C=O) groups is 1. The maximum Gasteiger partial charge on any atom is 0.433 e. The fourth-order valence-corrected chi connectivity index (χ4v) is 1.59. The molecule has 1 amide bonds. The Kier molecular flexibility index (Phi) is 4.29. The summed E-state index contributed by atoms with van der Waals surface area (Å²) in [6.45, 7) is 0. The van der Waals surface area contributed by atoms with Crippen LogP contribution in [-0.2, 0) is 0 Å². The van der Waals surface area contributed by atoms with E-state index in [0.29, 0.717) is 5.56 Å². The maximum atomic E-state index is 12.8. The molecule has 2 rings (SSSR count). The molecular formula is C12H7ClFN3O4. The normalized spacial score (nSPS) is 10.8. The molecule has 1 aromatic carbocycles. The second-order valence-corrected chi connectivity index (χ2v) is 4.17. The number of hydrazone groups is 1. The van der Waals surface area contributed by atoms with Crippen molar-refractivity contribution in [3.8, 4) is 0 Å². The zero-order valence-corrected chi connectivity index (χ0v) is 11.0. The number of nitrogens with one attached hydrogen (secondary N) is 1. The van der Waals surface area contributed by atoms with Crippen molar-refractivity contribution in [3.63, 3.8) is 0 Å². The monoisotopic (exact) mass is 311 g/mol. The van der Waals surface area contributed by atoms with Gasteiger partial charge in [0.25, 0.3) is 0 Å². The van der Waals surface area contributed by atoms with Crippen LogP contribution in [0.4, 0.5) is 10.3 Å². The van der Waals surface area contributed by atoms with E-state index in [2.05, 4.69) is 14.9 Å². The molecule has 1 heterocycles. The highest BCUT2D eigenvalue weighted by molar-refractivity contribution is 6.33. The minimum atomic E-state index is -0.766. The van der Waals surface area contributed by atoms with Gasteiger partial charge in [-0.25, -0.2) is 9.82 Å². The number of furan rings is 1. The first-order chi connectivity index (χ1) is 9.97. The minimum absolute atomic E-state index is 0.127. The van der Waals surface area contributed by atoms with E-state index in [0.717, 1.165) is 18.2 Å². The Hall–Kier alpha value is -2.74. The summed E-state index contributed by atoms with van der Waals surface area (Å²) in [6.07, 6.45) is 1.21. The van der Waals surface area contributed by atoms with Crippen molar-refractivity contribution in [3.05, 3.63) is 62.6 Å². The first-order valence-corrected chi connectivity index (χ1v) is 5.88. The lowest BCUT2D eigenvalue weighted by Gasteiger charge is -1.98. The van der Waals surface area contributed by atoms with Crippen molar-refractivity contribution in [2.45, 2.75) is 0 Å². The molecule has 0 saturated heterocycles. The summed E-state index contributed by atoms with van der Waals surface area (Å²) < 4.78 is 17.5. The molecule has 0 saturated carbocycles. The van der Waals surface area contributed by atoms with Crippen LogP contribution < -0.4 is 5.43 Å². The maximum absolute atomic E-state index is 12.8. The van der Waals surface area contributed by atoms with Gasteiger partial charge in [0.2, 0.25) is 5.76 Å². The molecule has 0 fully saturated rings. The van der Waals surface area contributed by atoms with Gasteiger partial charge >= 0.3 is 11.8 Å². The fourth-order valence-electron chi connectivity index (χ4n) is 1.37. The van der Waals surface area contributed by atoms with Gasteiger partial charge in [-0.05, 0) is 24.3 Å². The molecule has 0 atom stereocenters. The number of amides is 1. The lowest BCUT2D eigenvalue weighted by molar-refractivity contribution is -0.402. The van der Waals surface area contributed by atoms with Crippen molar-refractivity contribution in [2.24, 2.45) is 5.10 Å². The van der Waals surface area contributed by atoms with Crippen LogP contribution in [0.15, 0.2) is 39.9 Å². The van der Waals surface area contributed by atoms with Crippen LogP contribution in [0, 0.1) is 15.9 Å². The molecule has 1 N–H and O–H groups in total. The zero-order chi connectivity index (χ0) is 15.4. The quantitative estimate of drug-likeness (QED) is 0.533. The third kappa shape index (κ3) is 3.63. The van der Waals surface area contributed by atoms with Crippen LogP contribution >= 0.6 is 11.6 Å². The van der Waals surface area contributed by atoms with Gasteiger partial charge in [-0.3, -0.25) is 14.9 Å². The summed E-state index contributed by atoms with van der Waals surface area (Å²) in [5.74, 6) is -2.07. The third-order valence-electron chi connectivity index (χ3n) is 2.33. The SMILES string of the molecule is O=C(NN=Cc1ccc(F)cc1Cl)c1ccc([N+](=O)[O-])o1. The van der Waals surface area contributed by atoms with Gasteiger partial charge in [0.05, 0.1) is 17.3 Å². The van der Waals surface area contributed by atoms with E-state index in [1.54, 1.807) is 0 Å². The Morgan fingerprint density at radius 3 is 2.81 bits per heavy atom. The van der Waals surface area contributed by atoms with Crippen molar-refractivity contribution in [1.82, 2.24) is 5.43 Å². The minimum Gasteiger partial charge on any atom is -0.395 e. The van der Waals surface area contributed by atoms with E-state index in [9.17, 15) is 19.3 Å². The molecule has 0 aliphatic heterocycles. The molecule has 0 bridgehead atoms. The van der Waals surface area contributed by atoms with Crippen molar-refractivity contribution in [1.29, 1.82) is 0 Å². The number of hydrogen-bond donors (Lipinski definition) is 1. The van der Waals surface area contributed by atoms with Gasteiger partial charge in [-0.2, -0.15) is 5.10 Å². The number of hydrogen-bond acceptors (Lipinski definition) is 5. The standard InChI is InChI=1S/C12H7ClFN3O4/c13-9-5-8(14)2-1-7(9)6-15-16-12(18)10-3-4-11(21-10)17(19)20/h1-6H,(H,16,18). The van der Waals surface area contributed by atoms with Crippen LogP contribution in [0.1, 0.15) is 16.1 Å². The van der Waals surface area contributed by atoms with Gasteiger partial charge in [0.15, 0.2) is 0 Å². The Morgan fingerprint density at radius 1 is 1.43 bits per heavy atom. The third-order valence-corrected chi connectivity index (χ3v) is 2.66. The van der Waals surface area contributed by atoms with Crippen LogP contribution in [0.3, 0.4) is 0 Å². The smallest absolute Gasteiger partial charge is 0.395 e. The largest absolute Gasteiger partial charge is 0.433 e. The van der Waals surface area contributed by atoms with Gasteiger partial charge in [0, 0.05) is 5.56 Å². The molecule has 0 aliphatic carbocycles. The van der Waals surface area contributed by atoms with Crippen LogP contribution in [0.25, 0.3) is 0 Å². The zero-order valence-electron chi connectivity index (χ0n) is 10.2. The predicted molar refractivity (Wildman–Crippen MR) is 71.8 cm³/mol. The van der Waals surface area contributed by atoms with Gasteiger partial charge in [-0.15, -0.1) is 0 Å². The molecule has 108 valence electrons. The lowest BCUT2D eigenvalue weighted by atomic mass is 10.2. The van der Waals surface area contributed by atoms with E-state index in [-0.39, 0.29) is 10.8 Å². The van der Waals surface area contributed by atoms with Crippen LogP contribution in [0.2, 0.25) is 5.02 Å². The van der Waals surface area contributed by atoms with E-state index in [1.165, 1.54) is 18.3 Å². The fraction of sp³-hybridized carbons (Fsp3) is 0. The molecular weight excluding hydrogens is 305 g/mol. The topological polar surface area (TPSA) is 97.7 Å². The first-order valence-electron chi connectivity index (χ1n) is 5.50. The van der Waals surface area contributed by atoms with E-state index < -0.39 is 22.5 Å². The Labute approximate surface area is 122 Å². The van der Waals surface area contributed by atoms with Crippen LogP contribution in [-0.4, -0.2) is 17.0 Å². The van der Waals surface area contributed by atoms with Crippen molar-refractivity contribution in [2.75, 3.05) is 0 Å². The average Bonchev–Trinajstić information content (AvgIpc) is 2.91. The summed E-state index contributed by atoms with van der Waals surface area (Å²) in [5, 5.41) is 14.1. The second-order valence-electron chi connectivity index (χ2n) is 3.76. The summed E-state index contributed by atoms with van der Waals surface area (Å²) in [4.78, 5) is 21.2. The number of nitro groups is 1. The van der Waals surface area contributed by atoms with E-state index >= 15 is 0 Å². The molecule has 0 spiro atoms. The highest BCUT2D eigenvalue weighted by Gasteiger charge is 2.16. The Morgan fingerprint density at radius 2 is 2.19 bits per heavy atom. The summed E-state index contributed by atoms with van der Waals surface area (Å²) in [5.41, 5.74) is 2.50. The number of benzene rings is 1. The number of nitrogens with zero attached hydrogens (tertiary/aromatic N) is 2. The molecule has 2 aromatic rings. The Balaban J connectivity index is 2.02. The molecule has 0 aliphatic rings. The van der Waals surface area contributed by atoms with Gasteiger partial charge in [-0.1, -0.05) is 11.6 Å². The van der Waals surface area contributed by atoms with E-state index in [1.807, 2.05) is 0 Å². The lowest BCUT2D eigenvalue weighted by Crippen LogP contribution is -2.16. The van der Waals surface area contributed by atoms with Crippen molar-refractivity contribution >= 4 is 29.6 Å². The van der Waals surface area contributed by atoms with E-state index in [4.69, 9.17) is 11.6 Å². The highest BCUT2D eigenvalue weighted by Crippen LogP contribution is 2.16. The molecule has 7 nitrogen and oxygen atoms in total. The molecule has 1 aromatic heterocycles. The summed E-state index contributed by atoms with van der Waals surface area (Å²) in [7, 11) is 0. The average molecular weight is 312 g/mol. The predicted octanol–water partition coefficient (Wildman–Crippen LogP) is 2.74. The Bertz CT molecular complexity index is 729. The van der Waals surface area contributed by atoms with Crippen molar-refractivity contribution < 1.29 is 18.5 Å². The molecule has 0 unspecified atom stereocenters. The molecule has 21 heavy (non-hydrogen) atoms. The number of halogens is 2. The molecule has 9 heteroatoms. The van der Waals surface area contributed by atoms with Gasteiger partial charge < -0.3 is 4.42 Å². The molecule has 0 radical (unpaired) electrons. The first kappa shape index (κ1) is 14.7. The van der Waals surface area contributed by atoms with Crippen LogP contribution in [0.5, 0.6) is 0 Å².